The normalized spacial score (nSPS) is 16.0. The molecule has 1 N–H and O–H groups in total. The Hall–Kier alpha value is -2.78. The summed E-state index contributed by atoms with van der Waals surface area (Å²) >= 11 is 0. The highest BCUT2D eigenvalue weighted by Crippen LogP contribution is 2.33. The monoisotopic (exact) mass is 431 g/mol. The SMILES string of the molecule is CN(CC(=O)Nc1ccc(N2CCCC2)cc1)S(=O)(=O)c1ccc2c(c1)OCCO2. The van der Waals surface area contributed by atoms with Crippen molar-refractivity contribution in [3.8, 4) is 11.5 Å². The van der Waals surface area contributed by atoms with Crippen LogP contribution in [0, 0.1) is 0 Å². The van der Waals surface area contributed by atoms with Crippen LogP contribution in [-0.2, 0) is 14.8 Å². The third kappa shape index (κ3) is 4.36. The third-order valence-corrected chi connectivity index (χ3v) is 7.01. The summed E-state index contributed by atoms with van der Waals surface area (Å²) in [4.78, 5) is 14.8. The fraction of sp³-hybridized carbons (Fsp3) is 0.381. The Bertz CT molecular complexity index is 1020. The van der Waals surface area contributed by atoms with Gasteiger partial charge in [0.2, 0.25) is 15.9 Å². The van der Waals surface area contributed by atoms with E-state index in [1.165, 1.54) is 32.0 Å². The number of rotatable bonds is 6. The number of carbonyl (C=O) groups excluding carboxylic acids is 1. The van der Waals surface area contributed by atoms with Gasteiger partial charge in [-0.15, -0.1) is 0 Å². The van der Waals surface area contributed by atoms with Gasteiger partial charge in [-0.2, -0.15) is 4.31 Å². The molecule has 0 radical (unpaired) electrons. The van der Waals surface area contributed by atoms with Crippen molar-refractivity contribution in [3.05, 3.63) is 42.5 Å². The van der Waals surface area contributed by atoms with Crippen molar-refractivity contribution in [3.63, 3.8) is 0 Å². The molecule has 2 aliphatic heterocycles. The predicted octanol–water partition coefficient (Wildman–Crippen LogP) is 2.32. The molecule has 2 aromatic carbocycles. The van der Waals surface area contributed by atoms with Crippen molar-refractivity contribution in [2.45, 2.75) is 17.7 Å². The molecule has 160 valence electrons. The van der Waals surface area contributed by atoms with E-state index < -0.39 is 15.9 Å². The molecule has 30 heavy (non-hydrogen) atoms. The molecule has 1 fully saturated rings. The van der Waals surface area contributed by atoms with Crippen LogP contribution in [-0.4, -0.2) is 58.5 Å². The van der Waals surface area contributed by atoms with E-state index in [2.05, 4.69) is 10.2 Å². The maximum Gasteiger partial charge on any atom is 0.243 e. The van der Waals surface area contributed by atoms with E-state index >= 15 is 0 Å². The molecular weight excluding hydrogens is 406 g/mol. The fourth-order valence-corrected chi connectivity index (χ4v) is 4.73. The Balaban J connectivity index is 1.38. The molecule has 0 unspecified atom stereocenters. The number of sulfonamides is 1. The summed E-state index contributed by atoms with van der Waals surface area (Å²) in [7, 11) is -2.47. The highest BCUT2D eigenvalue weighted by Gasteiger charge is 2.25. The van der Waals surface area contributed by atoms with Gasteiger partial charge in [0.25, 0.3) is 0 Å². The van der Waals surface area contributed by atoms with Crippen LogP contribution in [0.5, 0.6) is 11.5 Å². The number of nitrogens with zero attached hydrogens (tertiary/aromatic N) is 2. The first-order valence-corrected chi connectivity index (χ1v) is 11.4. The molecule has 4 rings (SSSR count). The number of benzene rings is 2. The first-order valence-electron chi connectivity index (χ1n) is 9.94. The van der Waals surface area contributed by atoms with Gasteiger partial charge in [-0.05, 0) is 49.2 Å². The van der Waals surface area contributed by atoms with Crippen molar-refractivity contribution < 1.29 is 22.7 Å². The predicted molar refractivity (Wildman–Crippen MR) is 114 cm³/mol. The summed E-state index contributed by atoms with van der Waals surface area (Å²) in [6, 6.07) is 12.1. The second kappa shape index (κ2) is 8.53. The van der Waals surface area contributed by atoms with Crippen molar-refractivity contribution in [2.24, 2.45) is 0 Å². The number of likely N-dealkylation sites (N-methyl/N-ethyl adjacent to an activating group) is 1. The van der Waals surface area contributed by atoms with E-state index in [-0.39, 0.29) is 11.4 Å². The molecule has 0 atom stereocenters. The topological polar surface area (TPSA) is 88.2 Å². The first-order chi connectivity index (χ1) is 14.4. The van der Waals surface area contributed by atoms with Crippen molar-refractivity contribution in [1.82, 2.24) is 4.31 Å². The van der Waals surface area contributed by atoms with Crippen LogP contribution in [0.25, 0.3) is 0 Å². The van der Waals surface area contributed by atoms with Gasteiger partial charge < -0.3 is 19.7 Å². The van der Waals surface area contributed by atoms with Crippen molar-refractivity contribution in [2.75, 3.05) is 50.1 Å². The molecule has 2 heterocycles. The number of nitrogens with one attached hydrogen (secondary N) is 1. The molecule has 2 aromatic rings. The molecule has 8 nitrogen and oxygen atoms in total. The summed E-state index contributed by atoms with van der Waals surface area (Å²) < 4.78 is 37.6. The van der Waals surface area contributed by atoms with Gasteiger partial charge in [0.1, 0.15) is 13.2 Å². The number of hydrogen-bond donors (Lipinski definition) is 1. The van der Waals surface area contributed by atoms with E-state index in [1.54, 1.807) is 6.07 Å². The minimum atomic E-state index is -3.85. The van der Waals surface area contributed by atoms with Gasteiger partial charge in [-0.1, -0.05) is 0 Å². The molecule has 0 bridgehead atoms. The second-order valence-corrected chi connectivity index (χ2v) is 9.40. The van der Waals surface area contributed by atoms with Crippen LogP contribution >= 0.6 is 0 Å². The second-order valence-electron chi connectivity index (χ2n) is 7.36. The lowest BCUT2D eigenvalue weighted by Crippen LogP contribution is -2.35. The molecule has 0 saturated carbocycles. The lowest BCUT2D eigenvalue weighted by Gasteiger charge is -2.21. The quantitative estimate of drug-likeness (QED) is 0.755. The minimum absolute atomic E-state index is 0.0528. The maximum absolute atomic E-state index is 12.8. The van der Waals surface area contributed by atoms with Gasteiger partial charge >= 0.3 is 0 Å². The number of amides is 1. The van der Waals surface area contributed by atoms with E-state index in [4.69, 9.17) is 9.47 Å². The van der Waals surface area contributed by atoms with Crippen LogP contribution < -0.4 is 19.7 Å². The Kier molecular flexibility index (Phi) is 5.83. The molecule has 9 heteroatoms. The number of anilines is 2. The Labute approximate surface area is 176 Å². The summed E-state index contributed by atoms with van der Waals surface area (Å²) in [5.41, 5.74) is 1.76. The molecule has 1 saturated heterocycles. The molecule has 2 aliphatic rings. The van der Waals surface area contributed by atoms with Gasteiger partial charge in [-0.25, -0.2) is 8.42 Å². The Morgan fingerprint density at radius 3 is 2.40 bits per heavy atom. The minimum Gasteiger partial charge on any atom is -0.486 e. The zero-order valence-electron chi connectivity index (χ0n) is 16.8. The maximum atomic E-state index is 12.8. The van der Waals surface area contributed by atoms with Gasteiger partial charge in [0.15, 0.2) is 11.5 Å². The summed E-state index contributed by atoms with van der Waals surface area (Å²) in [5.74, 6) is 0.490. The average Bonchev–Trinajstić information content (AvgIpc) is 3.28. The van der Waals surface area contributed by atoms with Crippen LogP contribution in [0.4, 0.5) is 11.4 Å². The Morgan fingerprint density at radius 2 is 1.70 bits per heavy atom. The summed E-state index contributed by atoms with van der Waals surface area (Å²) in [6.07, 6.45) is 2.39. The summed E-state index contributed by atoms with van der Waals surface area (Å²) in [6.45, 7) is 2.59. The molecule has 1 amide bonds. The number of ether oxygens (including phenoxy) is 2. The van der Waals surface area contributed by atoms with Gasteiger partial charge in [0.05, 0.1) is 11.4 Å². The third-order valence-electron chi connectivity index (χ3n) is 5.21. The van der Waals surface area contributed by atoms with E-state index in [1.807, 2.05) is 24.3 Å². The molecule has 0 spiro atoms. The fourth-order valence-electron chi connectivity index (χ4n) is 3.58. The van der Waals surface area contributed by atoms with Crippen LogP contribution in [0.2, 0.25) is 0 Å². The number of hydrogen-bond acceptors (Lipinski definition) is 6. The highest BCUT2D eigenvalue weighted by atomic mass is 32.2. The lowest BCUT2D eigenvalue weighted by atomic mass is 10.2. The van der Waals surface area contributed by atoms with Crippen LogP contribution in [0.1, 0.15) is 12.8 Å². The van der Waals surface area contributed by atoms with Gasteiger partial charge in [0, 0.05) is 37.6 Å². The highest BCUT2D eigenvalue weighted by molar-refractivity contribution is 7.89. The van der Waals surface area contributed by atoms with Gasteiger partial charge in [-0.3, -0.25) is 4.79 Å². The average molecular weight is 432 g/mol. The van der Waals surface area contributed by atoms with Crippen LogP contribution in [0.15, 0.2) is 47.4 Å². The largest absolute Gasteiger partial charge is 0.486 e. The smallest absolute Gasteiger partial charge is 0.243 e. The Morgan fingerprint density at radius 1 is 1.03 bits per heavy atom. The van der Waals surface area contributed by atoms with Crippen molar-refractivity contribution in [1.29, 1.82) is 0 Å². The zero-order chi connectivity index (χ0) is 21.1. The van der Waals surface area contributed by atoms with Crippen LogP contribution in [0.3, 0.4) is 0 Å². The first kappa shape index (κ1) is 20.5. The van der Waals surface area contributed by atoms with E-state index in [0.717, 1.165) is 23.1 Å². The standard InChI is InChI=1S/C21H25N3O5S/c1-23(30(26,27)18-8-9-19-20(14-18)29-13-12-28-19)15-21(25)22-16-4-6-17(7-5-16)24-10-2-3-11-24/h4-9,14H,2-3,10-13,15H2,1H3,(H,22,25). The molecular formula is C21H25N3O5S. The molecule has 0 aliphatic carbocycles. The zero-order valence-corrected chi connectivity index (χ0v) is 17.7. The van der Waals surface area contributed by atoms with E-state index in [0.29, 0.717) is 30.4 Å². The van der Waals surface area contributed by atoms with Crippen molar-refractivity contribution >= 4 is 27.3 Å². The molecule has 0 aromatic heterocycles. The number of carbonyl (C=O) groups is 1. The van der Waals surface area contributed by atoms with E-state index in [9.17, 15) is 13.2 Å². The lowest BCUT2D eigenvalue weighted by molar-refractivity contribution is -0.116. The number of fused-ring (bicyclic) bond motifs is 1. The summed E-state index contributed by atoms with van der Waals surface area (Å²) in [5, 5.41) is 2.76.